The number of hydrogen-bond donors (Lipinski definition) is 1. The molecule has 0 aliphatic rings. The van der Waals surface area contributed by atoms with E-state index in [1.807, 2.05) is 24.3 Å². The van der Waals surface area contributed by atoms with Crippen LogP contribution in [0.5, 0.6) is 5.75 Å². The average Bonchev–Trinajstić information content (AvgIpc) is 3.21. The van der Waals surface area contributed by atoms with E-state index in [2.05, 4.69) is 29.4 Å². The van der Waals surface area contributed by atoms with Gasteiger partial charge in [-0.3, -0.25) is 4.79 Å². The van der Waals surface area contributed by atoms with Crippen LogP contribution in [0.4, 0.5) is 10.1 Å². The molecule has 6 nitrogen and oxygen atoms in total. The number of nitrogens with one attached hydrogen (secondary N) is 1. The number of fused-ring (bicyclic) bond motifs is 1. The van der Waals surface area contributed by atoms with Crippen molar-refractivity contribution in [3.63, 3.8) is 0 Å². The minimum absolute atomic E-state index is 0.0943. The fourth-order valence-corrected chi connectivity index (χ4v) is 3.16. The van der Waals surface area contributed by atoms with E-state index in [-0.39, 0.29) is 18.3 Å². The number of carbonyl (C=O) groups excluding carboxylic acids is 1. The lowest BCUT2D eigenvalue weighted by molar-refractivity contribution is -0.118. The van der Waals surface area contributed by atoms with Gasteiger partial charge in [0.1, 0.15) is 22.6 Å². The molecule has 1 N–H and O–H groups in total. The molecule has 0 saturated carbocycles. The highest BCUT2D eigenvalue weighted by molar-refractivity contribution is 5.93. The van der Waals surface area contributed by atoms with Gasteiger partial charge < -0.3 is 10.1 Å². The zero-order chi connectivity index (χ0) is 21.8. The number of amides is 1. The summed E-state index contributed by atoms with van der Waals surface area (Å²) in [6.07, 6.45) is 1.07. The average molecular weight is 418 g/mol. The van der Waals surface area contributed by atoms with Crippen LogP contribution in [0.2, 0.25) is 0 Å². The van der Waals surface area contributed by atoms with E-state index < -0.39 is 0 Å². The Labute approximate surface area is 179 Å². The number of rotatable bonds is 7. The molecule has 0 radical (unpaired) electrons. The Morgan fingerprint density at radius 2 is 1.74 bits per heavy atom. The monoisotopic (exact) mass is 418 g/mol. The van der Waals surface area contributed by atoms with Crippen LogP contribution in [-0.4, -0.2) is 27.5 Å². The zero-order valence-corrected chi connectivity index (χ0v) is 17.4. The Bertz CT molecular complexity index is 1190. The highest BCUT2D eigenvalue weighted by atomic mass is 19.1. The van der Waals surface area contributed by atoms with Crippen LogP contribution in [0.1, 0.15) is 31.7 Å². The quantitative estimate of drug-likeness (QED) is 0.454. The molecule has 1 aromatic heterocycles. The van der Waals surface area contributed by atoms with Crippen LogP contribution >= 0.6 is 0 Å². The first-order valence-electron chi connectivity index (χ1n) is 10.2. The van der Waals surface area contributed by atoms with Gasteiger partial charge in [0.05, 0.1) is 5.69 Å². The molecule has 4 rings (SSSR count). The summed E-state index contributed by atoms with van der Waals surface area (Å²) in [7, 11) is 0. The van der Waals surface area contributed by atoms with E-state index >= 15 is 0 Å². The molecule has 0 saturated heterocycles. The first-order chi connectivity index (χ1) is 15.0. The number of halogens is 1. The van der Waals surface area contributed by atoms with Crippen LogP contribution in [0, 0.1) is 5.82 Å². The van der Waals surface area contributed by atoms with Crippen molar-refractivity contribution in [1.82, 2.24) is 15.0 Å². The molecule has 0 spiro atoms. The van der Waals surface area contributed by atoms with Gasteiger partial charge in [-0.15, -0.1) is 10.2 Å². The molecule has 1 amide bonds. The van der Waals surface area contributed by atoms with Gasteiger partial charge in [0.25, 0.3) is 5.91 Å². The Morgan fingerprint density at radius 1 is 1.03 bits per heavy atom. The second kappa shape index (κ2) is 8.95. The minimum atomic E-state index is -0.320. The lowest BCUT2D eigenvalue weighted by atomic mass is 9.99. The topological polar surface area (TPSA) is 69.0 Å². The van der Waals surface area contributed by atoms with E-state index in [0.29, 0.717) is 34.1 Å². The fourth-order valence-electron chi connectivity index (χ4n) is 3.16. The van der Waals surface area contributed by atoms with Crippen LogP contribution in [0.15, 0.2) is 66.7 Å². The molecule has 1 unspecified atom stereocenters. The number of carbonyl (C=O) groups is 1. The zero-order valence-electron chi connectivity index (χ0n) is 17.4. The summed E-state index contributed by atoms with van der Waals surface area (Å²) in [4.78, 5) is 13.7. The van der Waals surface area contributed by atoms with Gasteiger partial charge in [-0.2, -0.15) is 4.80 Å². The van der Waals surface area contributed by atoms with Crippen molar-refractivity contribution in [3.05, 3.63) is 78.1 Å². The van der Waals surface area contributed by atoms with Crippen LogP contribution in [0.25, 0.3) is 16.7 Å². The third-order valence-corrected chi connectivity index (χ3v) is 5.15. The summed E-state index contributed by atoms with van der Waals surface area (Å²) < 4.78 is 18.7. The number of hydrogen-bond acceptors (Lipinski definition) is 4. The van der Waals surface area contributed by atoms with E-state index in [0.717, 1.165) is 6.42 Å². The van der Waals surface area contributed by atoms with Gasteiger partial charge in [0, 0.05) is 5.69 Å². The molecule has 158 valence electrons. The lowest BCUT2D eigenvalue weighted by Crippen LogP contribution is -2.20. The number of ether oxygens (including phenoxy) is 1. The van der Waals surface area contributed by atoms with Crippen molar-refractivity contribution in [3.8, 4) is 11.4 Å². The van der Waals surface area contributed by atoms with Crippen molar-refractivity contribution >= 4 is 22.6 Å². The minimum Gasteiger partial charge on any atom is -0.484 e. The molecule has 7 heteroatoms. The van der Waals surface area contributed by atoms with Crippen LogP contribution in [-0.2, 0) is 4.79 Å². The Kier molecular flexibility index (Phi) is 5.93. The summed E-state index contributed by atoms with van der Waals surface area (Å²) in [6.45, 7) is 4.24. The maximum Gasteiger partial charge on any atom is 0.262 e. The Morgan fingerprint density at radius 3 is 2.45 bits per heavy atom. The van der Waals surface area contributed by atoms with Crippen molar-refractivity contribution in [2.75, 3.05) is 11.9 Å². The van der Waals surface area contributed by atoms with Gasteiger partial charge >= 0.3 is 0 Å². The van der Waals surface area contributed by atoms with Gasteiger partial charge in [-0.25, -0.2) is 4.39 Å². The highest BCUT2D eigenvalue weighted by Crippen LogP contribution is 2.22. The van der Waals surface area contributed by atoms with Crippen LogP contribution < -0.4 is 10.1 Å². The Hall–Kier alpha value is -3.74. The maximum atomic E-state index is 13.1. The third kappa shape index (κ3) is 4.88. The van der Waals surface area contributed by atoms with E-state index in [9.17, 15) is 9.18 Å². The molecule has 1 atom stereocenters. The van der Waals surface area contributed by atoms with Crippen molar-refractivity contribution in [2.24, 2.45) is 0 Å². The summed E-state index contributed by atoms with van der Waals surface area (Å²) in [5, 5.41) is 11.6. The van der Waals surface area contributed by atoms with Gasteiger partial charge in [0.2, 0.25) is 0 Å². The predicted molar refractivity (Wildman–Crippen MR) is 118 cm³/mol. The maximum absolute atomic E-state index is 13.1. The van der Waals surface area contributed by atoms with Gasteiger partial charge in [-0.05, 0) is 72.5 Å². The molecule has 3 aromatic carbocycles. The van der Waals surface area contributed by atoms with E-state index in [4.69, 9.17) is 4.74 Å². The molecule has 1 heterocycles. The first-order valence-corrected chi connectivity index (χ1v) is 10.2. The Balaban J connectivity index is 1.38. The third-order valence-electron chi connectivity index (χ3n) is 5.15. The molecular weight excluding hydrogens is 395 g/mol. The van der Waals surface area contributed by atoms with Gasteiger partial charge in [0.15, 0.2) is 6.61 Å². The normalized spacial score (nSPS) is 12.0. The molecular formula is C24H23FN4O2. The standard InChI is InChI=1S/C24H23FN4O2/c1-3-16(2)17-4-11-21(12-5-17)31-15-24(30)26-19-8-13-22-23(14-19)28-29(27-22)20-9-6-18(25)7-10-20/h4-14,16H,3,15H2,1-2H3,(H,26,30). The molecule has 31 heavy (non-hydrogen) atoms. The highest BCUT2D eigenvalue weighted by Gasteiger charge is 2.09. The fraction of sp³-hybridized carbons (Fsp3) is 0.208. The molecule has 0 bridgehead atoms. The number of nitrogens with zero attached hydrogens (tertiary/aromatic N) is 3. The summed E-state index contributed by atoms with van der Waals surface area (Å²) in [6, 6.07) is 19.0. The van der Waals surface area contributed by atoms with E-state index in [1.54, 1.807) is 30.3 Å². The molecule has 4 aromatic rings. The van der Waals surface area contributed by atoms with E-state index in [1.165, 1.54) is 22.5 Å². The SMILES string of the molecule is CCC(C)c1ccc(OCC(=O)Nc2ccc3nn(-c4ccc(F)cc4)nc3c2)cc1. The second-order valence-corrected chi connectivity index (χ2v) is 7.38. The second-order valence-electron chi connectivity index (χ2n) is 7.38. The number of anilines is 1. The summed E-state index contributed by atoms with van der Waals surface area (Å²) in [5.74, 6) is 0.559. The van der Waals surface area contributed by atoms with Crippen molar-refractivity contribution in [2.45, 2.75) is 26.2 Å². The van der Waals surface area contributed by atoms with Crippen molar-refractivity contribution < 1.29 is 13.9 Å². The molecule has 0 aliphatic carbocycles. The van der Waals surface area contributed by atoms with Crippen LogP contribution in [0.3, 0.4) is 0 Å². The van der Waals surface area contributed by atoms with Crippen molar-refractivity contribution in [1.29, 1.82) is 0 Å². The lowest BCUT2D eigenvalue weighted by Gasteiger charge is -2.11. The van der Waals surface area contributed by atoms with Gasteiger partial charge in [-0.1, -0.05) is 26.0 Å². The smallest absolute Gasteiger partial charge is 0.262 e. The molecule has 0 aliphatic heterocycles. The predicted octanol–water partition coefficient (Wildman–Crippen LogP) is 5.09. The summed E-state index contributed by atoms with van der Waals surface area (Å²) >= 11 is 0. The largest absolute Gasteiger partial charge is 0.484 e. The number of aromatic nitrogens is 3. The first kappa shape index (κ1) is 20.5. The summed E-state index contributed by atoms with van der Waals surface area (Å²) in [5.41, 5.74) is 3.78. The number of benzene rings is 3. The molecule has 0 fully saturated rings.